The van der Waals surface area contributed by atoms with Crippen molar-refractivity contribution in [3.8, 4) is 10.9 Å². The number of ether oxygens (including phenoxy) is 1. The van der Waals surface area contributed by atoms with Gasteiger partial charge in [-0.05, 0) is 49.6 Å². The van der Waals surface area contributed by atoms with Crippen LogP contribution in [0.3, 0.4) is 0 Å². The minimum Gasteiger partial charge on any atom is -0.429 e. The zero-order chi connectivity index (χ0) is 15.4. The van der Waals surface area contributed by atoms with Crippen LogP contribution in [0.15, 0.2) is 12.1 Å². The molecule has 0 bridgehead atoms. The highest BCUT2D eigenvalue weighted by Gasteiger charge is 2.11. The molecule has 0 aliphatic heterocycles. The first-order chi connectivity index (χ1) is 9.95. The van der Waals surface area contributed by atoms with Crippen molar-refractivity contribution in [1.82, 2.24) is 15.5 Å². The van der Waals surface area contributed by atoms with E-state index >= 15 is 0 Å². The fourth-order valence-electron chi connectivity index (χ4n) is 1.96. The molecule has 2 rings (SSSR count). The standard InChI is InChI=1S/C15H20ClN3OS/c1-9(2)7-17-8-13-18-19-15(21-13)20-14-10(3)5-12(16)6-11(14)4/h5-6,9,17H,7-8H2,1-4H3. The Kier molecular flexibility index (Phi) is 5.56. The van der Waals surface area contributed by atoms with Crippen LogP contribution in [-0.2, 0) is 6.54 Å². The van der Waals surface area contributed by atoms with E-state index < -0.39 is 0 Å². The van der Waals surface area contributed by atoms with Gasteiger partial charge in [0.25, 0.3) is 5.19 Å². The van der Waals surface area contributed by atoms with Crippen LogP contribution in [0.5, 0.6) is 10.9 Å². The second-order valence-corrected chi connectivity index (χ2v) is 6.92. The maximum Gasteiger partial charge on any atom is 0.299 e. The number of hydrogen-bond donors (Lipinski definition) is 1. The van der Waals surface area contributed by atoms with E-state index in [1.54, 1.807) is 0 Å². The monoisotopic (exact) mass is 325 g/mol. The van der Waals surface area contributed by atoms with Crippen molar-refractivity contribution < 1.29 is 4.74 Å². The maximum atomic E-state index is 6.02. The van der Waals surface area contributed by atoms with E-state index in [0.29, 0.717) is 16.1 Å². The summed E-state index contributed by atoms with van der Waals surface area (Å²) in [6, 6.07) is 3.77. The molecule has 0 radical (unpaired) electrons. The van der Waals surface area contributed by atoms with Gasteiger partial charge in [-0.2, -0.15) is 0 Å². The van der Waals surface area contributed by atoms with Gasteiger partial charge >= 0.3 is 0 Å². The summed E-state index contributed by atoms with van der Waals surface area (Å²) in [4.78, 5) is 0. The van der Waals surface area contributed by atoms with Crippen molar-refractivity contribution in [3.05, 3.63) is 33.3 Å². The second kappa shape index (κ2) is 7.20. The molecule has 0 saturated carbocycles. The van der Waals surface area contributed by atoms with Gasteiger partial charge in [-0.25, -0.2) is 0 Å². The second-order valence-electron chi connectivity index (χ2n) is 5.46. The highest BCUT2D eigenvalue weighted by molar-refractivity contribution is 7.13. The van der Waals surface area contributed by atoms with Crippen LogP contribution in [0.4, 0.5) is 0 Å². The quantitative estimate of drug-likeness (QED) is 0.858. The molecule has 0 aliphatic carbocycles. The van der Waals surface area contributed by atoms with Gasteiger partial charge in [0.05, 0.1) is 0 Å². The van der Waals surface area contributed by atoms with Crippen LogP contribution in [-0.4, -0.2) is 16.7 Å². The lowest BCUT2D eigenvalue weighted by atomic mass is 10.1. The first kappa shape index (κ1) is 16.2. The van der Waals surface area contributed by atoms with Crippen LogP contribution < -0.4 is 10.1 Å². The van der Waals surface area contributed by atoms with E-state index in [1.807, 2.05) is 26.0 Å². The molecule has 0 spiro atoms. The average molecular weight is 326 g/mol. The zero-order valence-corrected chi connectivity index (χ0v) is 14.3. The number of rotatable bonds is 6. The number of aromatic nitrogens is 2. The fourth-order valence-corrected chi connectivity index (χ4v) is 2.96. The van der Waals surface area contributed by atoms with E-state index in [4.69, 9.17) is 16.3 Å². The van der Waals surface area contributed by atoms with E-state index in [0.717, 1.165) is 35.0 Å². The number of benzene rings is 1. The SMILES string of the molecule is Cc1cc(Cl)cc(C)c1Oc1nnc(CNCC(C)C)s1. The summed E-state index contributed by atoms with van der Waals surface area (Å²) >= 11 is 7.48. The molecule has 1 N–H and O–H groups in total. The van der Waals surface area contributed by atoms with Gasteiger partial charge in [-0.3, -0.25) is 0 Å². The number of nitrogens with one attached hydrogen (secondary N) is 1. The Labute approximate surface area is 134 Å². The zero-order valence-electron chi connectivity index (χ0n) is 12.7. The van der Waals surface area contributed by atoms with Gasteiger partial charge in [0.2, 0.25) is 0 Å². The average Bonchev–Trinajstić information content (AvgIpc) is 2.81. The van der Waals surface area contributed by atoms with Crippen LogP contribution in [0, 0.1) is 19.8 Å². The Morgan fingerprint density at radius 3 is 2.52 bits per heavy atom. The molecular formula is C15H20ClN3OS. The van der Waals surface area contributed by atoms with E-state index in [1.165, 1.54) is 11.3 Å². The van der Waals surface area contributed by atoms with Gasteiger partial charge < -0.3 is 10.1 Å². The molecule has 0 amide bonds. The van der Waals surface area contributed by atoms with Crippen molar-refractivity contribution in [3.63, 3.8) is 0 Å². The normalized spacial score (nSPS) is 11.1. The van der Waals surface area contributed by atoms with Crippen molar-refractivity contribution >= 4 is 22.9 Å². The molecule has 1 heterocycles. The number of nitrogens with zero attached hydrogens (tertiary/aromatic N) is 2. The molecule has 21 heavy (non-hydrogen) atoms. The number of halogens is 1. The van der Waals surface area contributed by atoms with Crippen molar-refractivity contribution in [2.24, 2.45) is 5.92 Å². The third-order valence-electron chi connectivity index (χ3n) is 2.89. The number of aryl methyl sites for hydroxylation is 2. The Bertz CT molecular complexity index is 590. The van der Waals surface area contributed by atoms with Gasteiger partial charge in [0, 0.05) is 11.6 Å². The Morgan fingerprint density at radius 1 is 1.24 bits per heavy atom. The Hall–Kier alpha value is -1.17. The molecule has 4 nitrogen and oxygen atoms in total. The summed E-state index contributed by atoms with van der Waals surface area (Å²) in [5.74, 6) is 1.42. The molecule has 0 aliphatic rings. The lowest BCUT2D eigenvalue weighted by molar-refractivity contribution is 0.465. The summed E-state index contributed by atoms with van der Waals surface area (Å²) in [5, 5.41) is 13.8. The predicted octanol–water partition coefficient (Wildman–Crippen LogP) is 4.35. The number of hydrogen-bond acceptors (Lipinski definition) is 5. The smallest absolute Gasteiger partial charge is 0.299 e. The maximum absolute atomic E-state index is 6.02. The molecule has 2 aromatic rings. The summed E-state index contributed by atoms with van der Waals surface area (Å²) in [6.07, 6.45) is 0. The molecule has 0 atom stereocenters. The molecule has 1 aromatic carbocycles. The summed E-state index contributed by atoms with van der Waals surface area (Å²) in [6.45, 7) is 9.98. The van der Waals surface area contributed by atoms with Crippen molar-refractivity contribution in [1.29, 1.82) is 0 Å². The molecule has 0 saturated heterocycles. The van der Waals surface area contributed by atoms with Crippen LogP contribution in [0.1, 0.15) is 30.0 Å². The highest BCUT2D eigenvalue weighted by atomic mass is 35.5. The molecule has 0 unspecified atom stereocenters. The lowest BCUT2D eigenvalue weighted by Gasteiger charge is -2.09. The largest absolute Gasteiger partial charge is 0.429 e. The van der Waals surface area contributed by atoms with E-state index in [2.05, 4.69) is 29.4 Å². The molecule has 6 heteroatoms. The third kappa shape index (κ3) is 4.66. The van der Waals surface area contributed by atoms with E-state index in [-0.39, 0.29) is 0 Å². The van der Waals surface area contributed by atoms with Crippen LogP contribution >= 0.6 is 22.9 Å². The van der Waals surface area contributed by atoms with Gasteiger partial charge in [-0.15, -0.1) is 5.10 Å². The Balaban J connectivity index is 2.03. The molecular weight excluding hydrogens is 306 g/mol. The summed E-state index contributed by atoms with van der Waals surface area (Å²) in [7, 11) is 0. The topological polar surface area (TPSA) is 47.0 Å². The minimum absolute atomic E-state index is 0.560. The Morgan fingerprint density at radius 2 is 1.90 bits per heavy atom. The van der Waals surface area contributed by atoms with Crippen molar-refractivity contribution in [2.75, 3.05) is 6.54 Å². The van der Waals surface area contributed by atoms with Crippen molar-refractivity contribution in [2.45, 2.75) is 34.2 Å². The lowest BCUT2D eigenvalue weighted by Crippen LogP contribution is -2.18. The highest BCUT2D eigenvalue weighted by Crippen LogP contribution is 2.32. The predicted molar refractivity (Wildman–Crippen MR) is 87.5 cm³/mol. The third-order valence-corrected chi connectivity index (χ3v) is 3.91. The molecule has 1 aromatic heterocycles. The van der Waals surface area contributed by atoms with Crippen LogP contribution in [0.25, 0.3) is 0 Å². The van der Waals surface area contributed by atoms with Crippen LogP contribution in [0.2, 0.25) is 5.02 Å². The van der Waals surface area contributed by atoms with Gasteiger partial charge in [0.1, 0.15) is 10.8 Å². The van der Waals surface area contributed by atoms with E-state index in [9.17, 15) is 0 Å². The fraction of sp³-hybridized carbons (Fsp3) is 0.467. The molecule has 0 fully saturated rings. The first-order valence-corrected chi connectivity index (χ1v) is 8.13. The minimum atomic E-state index is 0.560. The summed E-state index contributed by atoms with van der Waals surface area (Å²) in [5.41, 5.74) is 1.99. The molecule has 114 valence electrons. The van der Waals surface area contributed by atoms with Gasteiger partial charge in [0.15, 0.2) is 0 Å². The summed E-state index contributed by atoms with van der Waals surface area (Å²) < 4.78 is 5.86. The van der Waals surface area contributed by atoms with Gasteiger partial charge in [-0.1, -0.05) is 41.9 Å². The first-order valence-electron chi connectivity index (χ1n) is 6.93.